The van der Waals surface area contributed by atoms with Crippen LogP contribution in [-0.4, -0.2) is 55.3 Å². The number of carbonyl (C=O) groups is 1. The van der Waals surface area contributed by atoms with Crippen molar-refractivity contribution in [1.29, 1.82) is 0 Å². The summed E-state index contributed by atoms with van der Waals surface area (Å²) in [5.41, 5.74) is 0.773. The quantitative estimate of drug-likeness (QED) is 0.795. The van der Waals surface area contributed by atoms with Crippen molar-refractivity contribution in [2.45, 2.75) is 25.3 Å². The van der Waals surface area contributed by atoms with E-state index in [9.17, 15) is 4.79 Å². The monoisotopic (exact) mass is 292 g/mol. The van der Waals surface area contributed by atoms with E-state index in [4.69, 9.17) is 9.84 Å². The fourth-order valence-electron chi connectivity index (χ4n) is 2.66. The summed E-state index contributed by atoms with van der Waals surface area (Å²) in [6.07, 6.45) is 2.41. The van der Waals surface area contributed by atoms with Crippen LogP contribution in [0.1, 0.15) is 18.4 Å². The second kappa shape index (κ2) is 8.00. The minimum Gasteiger partial charge on any atom is -0.492 e. The van der Waals surface area contributed by atoms with Gasteiger partial charge in [-0.1, -0.05) is 12.1 Å². The largest absolute Gasteiger partial charge is 0.492 e. The SMILES string of the molecule is CNC1CCN(CCOc2cccc(CC(=O)O)c2)CC1. The molecule has 0 unspecified atom stereocenters. The predicted octanol–water partition coefficient (Wildman–Crippen LogP) is 1.38. The first-order chi connectivity index (χ1) is 10.2. The van der Waals surface area contributed by atoms with Gasteiger partial charge in [0, 0.05) is 12.6 Å². The van der Waals surface area contributed by atoms with Crippen molar-refractivity contribution < 1.29 is 14.6 Å². The molecule has 5 heteroatoms. The van der Waals surface area contributed by atoms with Gasteiger partial charge in [0.1, 0.15) is 12.4 Å². The van der Waals surface area contributed by atoms with Crippen molar-refractivity contribution in [3.63, 3.8) is 0 Å². The maximum atomic E-state index is 10.7. The summed E-state index contributed by atoms with van der Waals surface area (Å²) < 4.78 is 5.73. The number of nitrogens with one attached hydrogen (secondary N) is 1. The third kappa shape index (κ3) is 5.36. The van der Waals surface area contributed by atoms with Crippen LogP contribution in [0.4, 0.5) is 0 Å². The summed E-state index contributed by atoms with van der Waals surface area (Å²) in [5.74, 6) is -0.0709. The van der Waals surface area contributed by atoms with E-state index in [1.807, 2.05) is 25.2 Å². The average molecular weight is 292 g/mol. The van der Waals surface area contributed by atoms with Crippen molar-refractivity contribution in [1.82, 2.24) is 10.2 Å². The molecular formula is C16H24N2O3. The van der Waals surface area contributed by atoms with Crippen LogP contribution in [-0.2, 0) is 11.2 Å². The van der Waals surface area contributed by atoms with Crippen LogP contribution in [0.5, 0.6) is 5.75 Å². The number of carboxylic acids is 1. The standard InChI is InChI=1S/C16H24N2O3/c1-17-14-5-7-18(8-6-14)9-10-21-15-4-2-3-13(11-15)12-16(19)20/h2-4,11,14,17H,5-10,12H2,1H3,(H,19,20). The molecule has 0 atom stereocenters. The molecule has 0 bridgehead atoms. The molecular weight excluding hydrogens is 268 g/mol. The van der Waals surface area contributed by atoms with Gasteiger partial charge in [0.25, 0.3) is 0 Å². The van der Waals surface area contributed by atoms with E-state index in [0.717, 1.165) is 30.9 Å². The van der Waals surface area contributed by atoms with Gasteiger partial charge >= 0.3 is 5.97 Å². The molecule has 1 saturated heterocycles. The van der Waals surface area contributed by atoms with Gasteiger partial charge in [-0.15, -0.1) is 0 Å². The van der Waals surface area contributed by atoms with Crippen LogP contribution < -0.4 is 10.1 Å². The van der Waals surface area contributed by atoms with Crippen molar-refractivity contribution in [3.8, 4) is 5.75 Å². The Kier molecular flexibility index (Phi) is 6.02. The molecule has 1 aromatic carbocycles. The van der Waals surface area contributed by atoms with Crippen LogP contribution in [0.15, 0.2) is 24.3 Å². The maximum absolute atomic E-state index is 10.7. The predicted molar refractivity (Wildman–Crippen MR) is 81.8 cm³/mol. The second-order valence-electron chi connectivity index (χ2n) is 5.47. The molecule has 0 aromatic heterocycles. The molecule has 2 N–H and O–H groups in total. The maximum Gasteiger partial charge on any atom is 0.307 e. The lowest BCUT2D eigenvalue weighted by Crippen LogP contribution is -2.42. The molecule has 2 rings (SSSR count). The van der Waals surface area contributed by atoms with Gasteiger partial charge in [0.2, 0.25) is 0 Å². The first kappa shape index (κ1) is 15.8. The Labute approximate surface area is 125 Å². The van der Waals surface area contributed by atoms with E-state index in [0.29, 0.717) is 12.6 Å². The van der Waals surface area contributed by atoms with E-state index in [1.165, 1.54) is 12.8 Å². The van der Waals surface area contributed by atoms with Gasteiger partial charge in [-0.2, -0.15) is 0 Å². The third-order valence-electron chi connectivity index (χ3n) is 3.93. The highest BCUT2D eigenvalue weighted by Gasteiger charge is 2.17. The Hall–Kier alpha value is -1.59. The lowest BCUT2D eigenvalue weighted by Gasteiger charge is -2.31. The van der Waals surface area contributed by atoms with Crippen LogP contribution in [0, 0.1) is 0 Å². The summed E-state index contributed by atoms with van der Waals surface area (Å²) in [6, 6.07) is 7.98. The van der Waals surface area contributed by atoms with Gasteiger partial charge in [0.05, 0.1) is 6.42 Å². The van der Waals surface area contributed by atoms with E-state index in [-0.39, 0.29) is 6.42 Å². The summed E-state index contributed by atoms with van der Waals surface area (Å²) in [5, 5.41) is 12.1. The fraction of sp³-hybridized carbons (Fsp3) is 0.562. The van der Waals surface area contributed by atoms with E-state index < -0.39 is 5.97 Å². The smallest absolute Gasteiger partial charge is 0.307 e. The summed E-state index contributed by atoms with van der Waals surface area (Å²) in [4.78, 5) is 13.1. The van der Waals surface area contributed by atoms with Crippen LogP contribution in [0.3, 0.4) is 0 Å². The van der Waals surface area contributed by atoms with Gasteiger partial charge in [-0.25, -0.2) is 0 Å². The van der Waals surface area contributed by atoms with Gasteiger partial charge < -0.3 is 15.2 Å². The Balaban J connectivity index is 1.72. The summed E-state index contributed by atoms with van der Waals surface area (Å²) in [6.45, 7) is 3.77. The third-order valence-corrected chi connectivity index (χ3v) is 3.93. The zero-order valence-corrected chi connectivity index (χ0v) is 12.5. The molecule has 1 heterocycles. The first-order valence-electron chi connectivity index (χ1n) is 7.50. The van der Waals surface area contributed by atoms with Crippen molar-refractivity contribution in [3.05, 3.63) is 29.8 Å². The number of benzene rings is 1. The number of nitrogens with zero attached hydrogens (tertiary/aromatic N) is 1. The molecule has 0 saturated carbocycles. The lowest BCUT2D eigenvalue weighted by molar-refractivity contribution is -0.136. The molecule has 1 fully saturated rings. The van der Waals surface area contributed by atoms with Crippen LogP contribution in [0.2, 0.25) is 0 Å². The minimum absolute atomic E-state index is 0.0364. The van der Waals surface area contributed by atoms with E-state index in [1.54, 1.807) is 6.07 Å². The molecule has 21 heavy (non-hydrogen) atoms. The lowest BCUT2D eigenvalue weighted by atomic mass is 10.1. The normalized spacial score (nSPS) is 16.8. The molecule has 116 valence electrons. The Morgan fingerprint density at radius 3 is 2.86 bits per heavy atom. The number of aliphatic carboxylic acids is 1. The topological polar surface area (TPSA) is 61.8 Å². The highest BCUT2D eigenvalue weighted by molar-refractivity contribution is 5.70. The van der Waals surface area contributed by atoms with Gasteiger partial charge in [-0.3, -0.25) is 9.69 Å². The molecule has 5 nitrogen and oxygen atoms in total. The summed E-state index contributed by atoms with van der Waals surface area (Å²) >= 11 is 0. The summed E-state index contributed by atoms with van der Waals surface area (Å²) in [7, 11) is 2.02. The number of hydrogen-bond donors (Lipinski definition) is 2. The Bertz CT molecular complexity index is 457. The zero-order valence-electron chi connectivity index (χ0n) is 12.5. The number of carboxylic acid groups (broad SMARTS) is 1. The molecule has 0 spiro atoms. The molecule has 0 radical (unpaired) electrons. The Morgan fingerprint density at radius 2 is 2.19 bits per heavy atom. The molecule has 0 aliphatic carbocycles. The molecule has 0 amide bonds. The van der Waals surface area contributed by atoms with Crippen molar-refractivity contribution >= 4 is 5.97 Å². The van der Waals surface area contributed by atoms with Gasteiger partial charge in [-0.05, 0) is 50.7 Å². The average Bonchev–Trinajstić information content (AvgIpc) is 2.48. The fourth-order valence-corrected chi connectivity index (χ4v) is 2.66. The second-order valence-corrected chi connectivity index (χ2v) is 5.47. The van der Waals surface area contributed by atoms with Crippen molar-refractivity contribution in [2.75, 3.05) is 33.3 Å². The molecule has 1 aromatic rings. The van der Waals surface area contributed by atoms with Gasteiger partial charge in [0.15, 0.2) is 0 Å². The van der Waals surface area contributed by atoms with E-state index in [2.05, 4.69) is 10.2 Å². The van der Waals surface area contributed by atoms with E-state index >= 15 is 0 Å². The van der Waals surface area contributed by atoms with Crippen LogP contribution in [0.25, 0.3) is 0 Å². The zero-order chi connectivity index (χ0) is 15.1. The van der Waals surface area contributed by atoms with Crippen LogP contribution >= 0.6 is 0 Å². The van der Waals surface area contributed by atoms with Crippen molar-refractivity contribution in [2.24, 2.45) is 0 Å². The number of rotatable bonds is 7. The number of likely N-dealkylation sites (tertiary alicyclic amines) is 1. The molecule has 1 aliphatic rings. The Morgan fingerprint density at radius 1 is 1.43 bits per heavy atom. The number of ether oxygens (including phenoxy) is 1. The minimum atomic E-state index is -0.820. The number of hydrogen-bond acceptors (Lipinski definition) is 4. The number of piperidine rings is 1. The highest BCUT2D eigenvalue weighted by Crippen LogP contribution is 2.14. The first-order valence-corrected chi connectivity index (χ1v) is 7.50. The molecule has 1 aliphatic heterocycles. The highest BCUT2D eigenvalue weighted by atomic mass is 16.5.